The Labute approximate surface area is 126 Å². The van der Waals surface area contributed by atoms with Gasteiger partial charge >= 0.3 is 10.2 Å². The first-order valence-electron chi connectivity index (χ1n) is 5.82. The lowest BCUT2D eigenvalue weighted by Gasteiger charge is -2.30. The fraction of sp³-hybridized carbons (Fsp3) is 0.167. The van der Waals surface area contributed by atoms with Gasteiger partial charge in [-0.15, -0.1) is 6.58 Å². The lowest BCUT2D eigenvalue weighted by atomic mass is 10.1. The van der Waals surface area contributed by atoms with Gasteiger partial charge in [0, 0.05) is 18.1 Å². The fourth-order valence-corrected chi connectivity index (χ4v) is 4.24. The molecule has 2 heterocycles. The van der Waals surface area contributed by atoms with E-state index in [0.717, 1.165) is 5.56 Å². The minimum Gasteiger partial charge on any atom is -0.358 e. The van der Waals surface area contributed by atoms with E-state index in [1.807, 2.05) is 0 Å². The van der Waals surface area contributed by atoms with Crippen molar-refractivity contribution in [1.82, 2.24) is 9.71 Å². The van der Waals surface area contributed by atoms with E-state index in [1.54, 1.807) is 12.3 Å². The summed E-state index contributed by atoms with van der Waals surface area (Å²) in [4.78, 5) is 3.00. The van der Waals surface area contributed by atoms with Crippen molar-refractivity contribution in [3.05, 3.63) is 40.5 Å². The second kappa shape index (κ2) is 4.66. The highest BCUT2D eigenvalue weighted by molar-refractivity contribution is 7.91. The number of fused-ring (bicyclic) bond motifs is 3. The van der Waals surface area contributed by atoms with Crippen LogP contribution in [0.5, 0.6) is 0 Å². The second-order valence-corrected chi connectivity index (χ2v) is 6.89. The van der Waals surface area contributed by atoms with Crippen molar-refractivity contribution < 1.29 is 8.42 Å². The number of benzene rings is 1. The molecule has 2 N–H and O–H groups in total. The lowest BCUT2D eigenvalue weighted by Crippen LogP contribution is -2.45. The summed E-state index contributed by atoms with van der Waals surface area (Å²) in [6.45, 7) is 3.95. The Hall–Kier alpha value is -1.21. The summed E-state index contributed by atoms with van der Waals surface area (Å²) >= 11 is 12.3. The van der Waals surface area contributed by atoms with Gasteiger partial charge < -0.3 is 4.98 Å². The topological polar surface area (TPSA) is 65.2 Å². The summed E-state index contributed by atoms with van der Waals surface area (Å²) in [5.74, 6) is 0. The standard InChI is InChI=1S/C12H11Cl2N3O2S/c1-2-3-17-12-7(5-16-20(17,18)19)4-8(13)10-9(14)6-15-11(10)12/h2,4,6,15-16H,1,3,5H2. The number of nitrogens with zero attached hydrogens (tertiary/aromatic N) is 1. The smallest absolute Gasteiger partial charge is 0.302 e. The Morgan fingerprint density at radius 2 is 2.15 bits per heavy atom. The lowest BCUT2D eigenvalue weighted by molar-refractivity contribution is 0.574. The first kappa shape index (κ1) is 13.8. The van der Waals surface area contributed by atoms with Crippen LogP contribution in [0.1, 0.15) is 5.56 Å². The summed E-state index contributed by atoms with van der Waals surface area (Å²) in [5, 5.41) is 1.57. The van der Waals surface area contributed by atoms with Crippen molar-refractivity contribution in [2.45, 2.75) is 6.54 Å². The molecule has 8 heteroatoms. The third-order valence-corrected chi connectivity index (χ3v) is 5.21. The van der Waals surface area contributed by atoms with Crippen LogP contribution in [0.3, 0.4) is 0 Å². The Balaban J connectivity index is 2.38. The first-order valence-corrected chi connectivity index (χ1v) is 8.01. The third-order valence-electron chi connectivity index (χ3n) is 3.19. The molecule has 2 aromatic rings. The molecule has 5 nitrogen and oxygen atoms in total. The van der Waals surface area contributed by atoms with Crippen LogP contribution in [0, 0.1) is 0 Å². The Kier molecular flexibility index (Phi) is 3.21. The van der Waals surface area contributed by atoms with Gasteiger partial charge in [0.15, 0.2) is 0 Å². The summed E-state index contributed by atoms with van der Waals surface area (Å²) < 4.78 is 28.1. The van der Waals surface area contributed by atoms with Gasteiger partial charge in [0.25, 0.3) is 0 Å². The van der Waals surface area contributed by atoms with Crippen molar-refractivity contribution in [1.29, 1.82) is 0 Å². The molecule has 0 spiro atoms. The quantitative estimate of drug-likeness (QED) is 0.831. The molecule has 1 aromatic carbocycles. The Morgan fingerprint density at radius 3 is 2.85 bits per heavy atom. The average Bonchev–Trinajstić information content (AvgIpc) is 2.76. The molecule has 1 aliphatic rings. The number of aromatic amines is 1. The van der Waals surface area contributed by atoms with Crippen LogP contribution in [0.2, 0.25) is 10.0 Å². The van der Waals surface area contributed by atoms with Crippen LogP contribution < -0.4 is 9.03 Å². The van der Waals surface area contributed by atoms with Crippen LogP contribution in [0.15, 0.2) is 24.9 Å². The maximum absolute atomic E-state index is 12.2. The van der Waals surface area contributed by atoms with Gasteiger partial charge in [-0.25, -0.2) is 0 Å². The minimum atomic E-state index is -3.59. The molecule has 3 rings (SSSR count). The SMILES string of the molecule is C=CCN1c2c(cc(Cl)c3c(Cl)c[nH]c23)CNS1(=O)=O. The molecule has 0 amide bonds. The third kappa shape index (κ3) is 1.91. The summed E-state index contributed by atoms with van der Waals surface area (Å²) in [7, 11) is -3.59. The molecule has 0 bridgehead atoms. The number of nitrogens with one attached hydrogen (secondary N) is 2. The van der Waals surface area contributed by atoms with Gasteiger partial charge in [0.2, 0.25) is 0 Å². The van der Waals surface area contributed by atoms with Gasteiger partial charge in [-0.05, 0) is 11.6 Å². The van der Waals surface area contributed by atoms with Crippen molar-refractivity contribution in [3.8, 4) is 0 Å². The zero-order valence-electron chi connectivity index (χ0n) is 10.3. The molecule has 0 saturated carbocycles. The van der Waals surface area contributed by atoms with Gasteiger partial charge in [0.05, 0.1) is 27.8 Å². The molecule has 1 aliphatic heterocycles. The van der Waals surface area contributed by atoms with Crippen molar-refractivity contribution in [3.63, 3.8) is 0 Å². The van der Waals surface area contributed by atoms with E-state index in [4.69, 9.17) is 23.2 Å². The van der Waals surface area contributed by atoms with E-state index in [1.165, 1.54) is 10.4 Å². The second-order valence-electron chi connectivity index (χ2n) is 4.40. The van der Waals surface area contributed by atoms with Gasteiger partial charge in [-0.3, -0.25) is 4.31 Å². The van der Waals surface area contributed by atoms with Crippen LogP contribution in [-0.4, -0.2) is 19.9 Å². The summed E-state index contributed by atoms with van der Waals surface area (Å²) in [5.41, 5.74) is 1.97. The number of hydrogen-bond acceptors (Lipinski definition) is 2. The summed E-state index contributed by atoms with van der Waals surface area (Å²) in [6.07, 6.45) is 3.12. The molecule has 0 radical (unpaired) electrons. The van der Waals surface area contributed by atoms with E-state index >= 15 is 0 Å². The highest BCUT2D eigenvalue weighted by Crippen LogP contribution is 2.41. The zero-order valence-corrected chi connectivity index (χ0v) is 12.6. The van der Waals surface area contributed by atoms with Crippen LogP contribution in [0.4, 0.5) is 5.69 Å². The van der Waals surface area contributed by atoms with E-state index in [9.17, 15) is 8.42 Å². The number of H-pyrrole nitrogens is 1. The molecule has 20 heavy (non-hydrogen) atoms. The molecule has 0 saturated heterocycles. The van der Waals surface area contributed by atoms with E-state index in [0.29, 0.717) is 26.6 Å². The molecular formula is C12H11Cl2N3O2S. The van der Waals surface area contributed by atoms with Crippen LogP contribution in [-0.2, 0) is 16.8 Å². The highest BCUT2D eigenvalue weighted by Gasteiger charge is 2.31. The predicted molar refractivity (Wildman–Crippen MR) is 81.6 cm³/mol. The van der Waals surface area contributed by atoms with E-state index < -0.39 is 10.2 Å². The van der Waals surface area contributed by atoms with Crippen molar-refractivity contribution in [2.75, 3.05) is 10.8 Å². The van der Waals surface area contributed by atoms with Crippen molar-refractivity contribution in [2.24, 2.45) is 0 Å². The minimum absolute atomic E-state index is 0.162. The molecular weight excluding hydrogens is 321 g/mol. The van der Waals surface area contributed by atoms with E-state index in [-0.39, 0.29) is 13.1 Å². The van der Waals surface area contributed by atoms with Crippen LogP contribution in [0.25, 0.3) is 10.9 Å². The average molecular weight is 332 g/mol. The number of aromatic nitrogens is 1. The number of hydrogen-bond donors (Lipinski definition) is 2. The van der Waals surface area contributed by atoms with Crippen LogP contribution >= 0.6 is 23.2 Å². The highest BCUT2D eigenvalue weighted by atomic mass is 35.5. The monoisotopic (exact) mass is 331 g/mol. The van der Waals surface area contributed by atoms with E-state index in [2.05, 4.69) is 16.3 Å². The predicted octanol–water partition coefficient (Wildman–Crippen LogP) is 2.82. The normalized spacial score (nSPS) is 17.2. The summed E-state index contributed by atoms with van der Waals surface area (Å²) in [6, 6.07) is 1.73. The number of halogens is 2. The maximum Gasteiger partial charge on any atom is 0.302 e. The molecule has 0 fully saturated rings. The Bertz CT molecular complexity index is 814. The fourth-order valence-electron chi connectivity index (χ4n) is 2.37. The molecule has 0 aliphatic carbocycles. The van der Waals surface area contributed by atoms with Crippen molar-refractivity contribution >= 4 is 50.0 Å². The number of anilines is 1. The molecule has 106 valence electrons. The number of rotatable bonds is 2. The zero-order chi connectivity index (χ0) is 14.5. The van der Waals surface area contributed by atoms with Gasteiger partial charge in [0.1, 0.15) is 0 Å². The largest absolute Gasteiger partial charge is 0.358 e. The maximum atomic E-state index is 12.2. The van der Waals surface area contributed by atoms with Gasteiger partial charge in [-0.2, -0.15) is 13.1 Å². The molecule has 1 aromatic heterocycles. The Morgan fingerprint density at radius 1 is 1.40 bits per heavy atom. The van der Waals surface area contributed by atoms with Gasteiger partial charge in [-0.1, -0.05) is 29.3 Å². The molecule has 0 atom stereocenters. The first-order chi connectivity index (χ1) is 9.45. The molecule has 0 unspecified atom stereocenters.